The van der Waals surface area contributed by atoms with Crippen LogP contribution in [-0.2, 0) is 0 Å². The molecule has 0 N–H and O–H groups in total. The number of thiol groups is 1. The van der Waals surface area contributed by atoms with Crippen LogP contribution in [0.4, 0.5) is 0 Å². The van der Waals surface area contributed by atoms with Crippen LogP contribution in [0.5, 0.6) is 0 Å². The minimum atomic E-state index is -0.998. The molecule has 0 rings (SSSR count). The first kappa shape index (κ1) is 11.5. The predicted octanol–water partition coefficient (Wildman–Crippen LogP) is 3.15. The maximum absolute atomic E-state index is 4.56. The van der Waals surface area contributed by atoms with Crippen LogP contribution in [-0.4, -0.2) is 24.6 Å². The Morgan fingerprint density at radius 2 is 2.18 bits per heavy atom. The zero-order valence-corrected chi connectivity index (χ0v) is 9.89. The fourth-order valence-electron chi connectivity index (χ4n) is 0.598. The molecule has 0 fully saturated rings. The van der Waals surface area contributed by atoms with Crippen LogP contribution in [0.3, 0.4) is 0 Å². The van der Waals surface area contributed by atoms with Crippen molar-refractivity contribution in [2.75, 3.05) is 19.6 Å². The van der Waals surface area contributed by atoms with Crippen molar-refractivity contribution in [1.82, 2.24) is 0 Å². The van der Waals surface area contributed by atoms with E-state index in [0.29, 0.717) is 0 Å². The summed E-state index contributed by atoms with van der Waals surface area (Å²) in [4.78, 5) is 4.19. The quantitative estimate of drug-likeness (QED) is 0.319. The first-order chi connectivity index (χ1) is 5.08. The highest BCUT2D eigenvalue weighted by Gasteiger charge is 2.15. The SMILES string of the molecule is CC=CC(=NC)S(C)(S)SC. The van der Waals surface area contributed by atoms with Crippen molar-refractivity contribution in [3.8, 4) is 0 Å². The Morgan fingerprint density at radius 3 is 2.45 bits per heavy atom. The molecular formula is C7H15NS3. The molecule has 0 heterocycles. The van der Waals surface area contributed by atoms with Gasteiger partial charge in [-0.25, -0.2) is 0 Å². The van der Waals surface area contributed by atoms with Crippen LogP contribution in [0, 0.1) is 0 Å². The molecule has 0 saturated carbocycles. The molecular weight excluding hydrogens is 194 g/mol. The second-order valence-corrected chi connectivity index (χ2v) is 10.3. The molecule has 0 aromatic rings. The average molecular weight is 209 g/mol. The predicted molar refractivity (Wildman–Crippen MR) is 64.2 cm³/mol. The molecule has 0 aromatic carbocycles. The molecule has 1 atom stereocenters. The van der Waals surface area contributed by atoms with Crippen molar-refractivity contribution >= 4 is 35.6 Å². The molecule has 1 nitrogen and oxygen atoms in total. The largest absolute Gasteiger partial charge is 0.282 e. The van der Waals surface area contributed by atoms with Crippen molar-refractivity contribution in [2.24, 2.45) is 4.99 Å². The van der Waals surface area contributed by atoms with Gasteiger partial charge in [-0.1, -0.05) is 6.08 Å². The van der Waals surface area contributed by atoms with E-state index in [1.165, 1.54) is 0 Å². The number of nitrogens with zero attached hydrogens (tertiary/aromatic N) is 1. The summed E-state index contributed by atoms with van der Waals surface area (Å²) in [6.07, 6.45) is 8.22. The minimum Gasteiger partial charge on any atom is -0.282 e. The summed E-state index contributed by atoms with van der Waals surface area (Å²) in [5, 5.41) is 1.09. The van der Waals surface area contributed by atoms with Crippen LogP contribution in [0.25, 0.3) is 0 Å². The smallest absolute Gasteiger partial charge is 0.0899 e. The summed E-state index contributed by atoms with van der Waals surface area (Å²) in [7, 11) is 2.58. The zero-order valence-electron chi connectivity index (χ0n) is 7.37. The molecule has 1 unspecified atom stereocenters. The van der Waals surface area contributed by atoms with Crippen LogP contribution < -0.4 is 0 Å². The number of rotatable bonds is 2. The summed E-state index contributed by atoms with van der Waals surface area (Å²) < 4.78 is 0. The van der Waals surface area contributed by atoms with Crippen molar-refractivity contribution in [2.45, 2.75) is 6.92 Å². The highest BCUT2D eigenvalue weighted by molar-refractivity contribution is 9.26. The van der Waals surface area contributed by atoms with E-state index in [1.807, 2.05) is 26.1 Å². The highest BCUT2D eigenvalue weighted by Crippen LogP contribution is 2.60. The van der Waals surface area contributed by atoms with Crippen molar-refractivity contribution in [3.05, 3.63) is 12.2 Å². The second kappa shape index (κ2) is 5.17. The maximum Gasteiger partial charge on any atom is 0.0899 e. The Hall–Kier alpha value is 0.460. The lowest BCUT2D eigenvalue weighted by Gasteiger charge is -2.26. The Labute approximate surface area is 79.3 Å². The normalized spacial score (nSPS) is 21.7. The van der Waals surface area contributed by atoms with Gasteiger partial charge in [-0.3, -0.25) is 4.99 Å². The number of aliphatic imine (C=N–C) groups is 1. The van der Waals surface area contributed by atoms with Gasteiger partial charge >= 0.3 is 0 Å². The van der Waals surface area contributed by atoms with E-state index in [-0.39, 0.29) is 0 Å². The summed E-state index contributed by atoms with van der Waals surface area (Å²) in [5.74, 6) is 0. The van der Waals surface area contributed by atoms with Gasteiger partial charge in [0.1, 0.15) is 0 Å². The molecule has 11 heavy (non-hydrogen) atoms. The standard InChI is InChI=1S/C7H15NS3/c1-5-6-7(8-2)11(4,9)10-3/h5-6,9H,1-4H3. The summed E-state index contributed by atoms with van der Waals surface area (Å²) in [6, 6.07) is 0. The van der Waals surface area contributed by atoms with Gasteiger partial charge in [0.15, 0.2) is 0 Å². The van der Waals surface area contributed by atoms with Gasteiger partial charge in [0.05, 0.1) is 5.04 Å². The van der Waals surface area contributed by atoms with Crippen molar-refractivity contribution < 1.29 is 0 Å². The summed E-state index contributed by atoms with van der Waals surface area (Å²) >= 11 is 4.56. The van der Waals surface area contributed by atoms with E-state index in [9.17, 15) is 0 Å². The molecule has 0 saturated heterocycles. The van der Waals surface area contributed by atoms with Gasteiger partial charge in [0.2, 0.25) is 0 Å². The van der Waals surface area contributed by atoms with E-state index < -0.39 is 8.09 Å². The van der Waals surface area contributed by atoms with Gasteiger partial charge in [0.25, 0.3) is 0 Å². The minimum absolute atomic E-state index is 0.998. The lowest BCUT2D eigenvalue weighted by molar-refractivity contribution is 1.47. The Morgan fingerprint density at radius 1 is 1.64 bits per heavy atom. The number of hydrogen-bond acceptors (Lipinski definition) is 3. The van der Waals surface area contributed by atoms with E-state index in [0.717, 1.165) is 5.04 Å². The Kier molecular flexibility index (Phi) is 5.38. The van der Waals surface area contributed by atoms with Gasteiger partial charge in [-0.05, 0) is 25.5 Å². The third kappa shape index (κ3) is 3.58. The lowest BCUT2D eigenvalue weighted by atomic mass is 10.6. The van der Waals surface area contributed by atoms with Gasteiger partial charge in [-0.2, -0.15) is 0 Å². The molecule has 0 bridgehead atoms. The number of allylic oxidation sites excluding steroid dienone is 1. The van der Waals surface area contributed by atoms with E-state index in [4.69, 9.17) is 0 Å². The van der Waals surface area contributed by atoms with Crippen LogP contribution in [0.2, 0.25) is 0 Å². The highest BCUT2D eigenvalue weighted by atomic mass is 33.5. The number of hydrogen-bond donors (Lipinski definition) is 1. The molecule has 0 spiro atoms. The molecule has 0 aromatic heterocycles. The first-order valence-corrected chi connectivity index (χ1v) is 8.08. The van der Waals surface area contributed by atoms with Gasteiger partial charge < -0.3 is 0 Å². The van der Waals surface area contributed by atoms with Crippen LogP contribution >= 0.6 is 30.5 Å². The van der Waals surface area contributed by atoms with E-state index in [1.54, 1.807) is 10.8 Å². The van der Waals surface area contributed by atoms with Gasteiger partial charge in [-0.15, -0.1) is 30.5 Å². The zero-order chi connectivity index (χ0) is 8.91. The molecule has 0 amide bonds. The molecule has 0 aliphatic heterocycles. The lowest BCUT2D eigenvalue weighted by Crippen LogP contribution is -1.97. The van der Waals surface area contributed by atoms with Crippen molar-refractivity contribution in [1.29, 1.82) is 0 Å². The molecule has 66 valence electrons. The summed E-state index contributed by atoms with van der Waals surface area (Å²) in [5.41, 5.74) is 0. The Balaban J connectivity index is 4.51. The van der Waals surface area contributed by atoms with Crippen LogP contribution in [0.1, 0.15) is 6.92 Å². The maximum atomic E-state index is 4.56. The molecule has 0 radical (unpaired) electrons. The fourth-order valence-corrected chi connectivity index (χ4v) is 2.83. The topological polar surface area (TPSA) is 12.4 Å². The molecule has 4 heteroatoms. The fraction of sp³-hybridized carbons (Fsp3) is 0.571. The van der Waals surface area contributed by atoms with E-state index in [2.05, 4.69) is 29.2 Å². The molecule has 0 aliphatic carbocycles. The monoisotopic (exact) mass is 209 g/mol. The third-order valence-electron chi connectivity index (χ3n) is 1.24. The van der Waals surface area contributed by atoms with E-state index >= 15 is 0 Å². The average Bonchev–Trinajstić information content (AvgIpc) is 2.00. The summed E-state index contributed by atoms with van der Waals surface area (Å²) in [6.45, 7) is 1.99. The molecule has 0 aliphatic rings. The van der Waals surface area contributed by atoms with Crippen LogP contribution in [0.15, 0.2) is 17.1 Å². The van der Waals surface area contributed by atoms with Gasteiger partial charge in [0, 0.05) is 7.05 Å². The van der Waals surface area contributed by atoms with Crippen molar-refractivity contribution in [3.63, 3.8) is 0 Å². The second-order valence-electron chi connectivity index (χ2n) is 2.03. The third-order valence-corrected chi connectivity index (χ3v) is 7.35. The Bertz CT molecular complexity index is 173. The first-order valence-electron chi connectivity index (χ1n) is 3.24.